The molecule has 0 spiro atoms. The summed E-state index contributed by atoms with van der Waals surface area (Å²) in [5.74, 6) is -3.05. The number of nitrogens with one attached hydrogen (secondary N) is 1. The van der Waals surface area contributed by atoms with Crippen LogP contribution < -0.4 is 5.32 Å². The van der Waals surface area contributed by atoms with Crippen molar-refractivity contribution in [1.82, 2.24) is 19.5 Å². The summed E-state index contributed by atoms with van der Waals surface area (Å²) in [6.07, 6.45) is -0.161. The number of amides is 1. The first kappa shape index (κ1) is 29.8. The maximum atomic E-state index is 13.5. The Balaban J connectivity index is 1.60. The average Bonchev–Trinajstić information content (AvgIpc) is 3.31. The Morgan fingerprint density at radius 1 is 1.09 bits per heavy atom. The highest BCUT2D eigenvalue weighted by Gasteiger charge is 2.31. The molecule has 4 aromatic rings. The number of anilines is 1. The second kappa shape index (κ2) is 12.3. The van der Waals surface area contributed by atoms with Gasteiger partial charge in [0.1, 0.15) is 5.52 Å². The van der Waals surface area contributed by atoms with Crippen molar-refractivity contribution in [3.8, 4) is 0 Å². The van der Waals surface area contributed by atoms with Crippen LogP contribution in [0.3, 0.4) is 0 Å². The molecule has 10 nitrogen and oxygen atoms in total. The Bertz CT molecular complexity index is 1650. The van der Waals surface area contributed by atoms with Crippen LogP contribution in [0.4, 0.5) is 19.0 Å². The molecule has 1 fully saturated rings. The van der Waals surface area contributed by atoms with Crippen molar-refractivity contribution in [3.63, 3.8) is 0 Å². The second-order valence-corrected chi connectivity index (χ2v) is 10.5. The second-order valence-electron chi connectivity index (χ2n) is 10.5. The number of carboxylic acids is 1. The van der Waals surface area contributed by atoms with Crippen LogP contribution in [-0.4, -0.2) is 60.5 Å². The topological polar surface area (TPSA) is 143 Å². The predicted molar refractivity (Wildman–Crippen MR) is 152 cm³/mol. The highest BCUT2D eigenvalue weighted by molar-refractivity contribution is 6.01. The number of hydrogen-bond acceptors (Lipinski definition) is 7. The summed E-state index contributed by atoms with van der Waals surface area (Å²) in [6, 6.07) is 13.3. The van der Waals surface area contributed by atoms with E-state index in [0.29, 0.717) is 11.5 Å². The average molecular weight is 595 g/mol. The van der Waals surface area contributed by atoms with Gasteiger partial charge in [-0.15, -0.1) is 0 Å². The Morgan fingerprint density at radius 3 is 2.37 bits per heavy atom. The van der Waals surface area contributed by atoms with Gasteiger partial charge in [-0.2, -0.15) is 13.2 Å². The fourth-order valence-electron chi connectivity index (χ4n) is 4.96. The van der Waals surface area contributed by atoms with E-state index in [1.165, 1.54) is 22.9 Å². The van der Waals surface area contributed by atoms with Crippen LogP contribution in [0, 0.1) is 5.92 Å². The van der Waals surface area contributed by atoms with Crippen molar-refractivity contribution < 1.29 is 33.0 Å². The first-order valence-corrected chi connectivity index (χ1v) is 13.7. The fraction of sp³-hybridized carbons (Fsp3) is 0.333. The van der Waals surface area contributed by atoms with Gasteiger partial charge in [-0.05, 0) is 48.9 Å². The molecular weight excluding hydrogens is 565 g/mol. The number of benzene rings is 2. The molecule has 0 bridgehead atoms. The van der Waals surface area contributed by atoms with Crippen LogP contribution in [0.2, 0.25) is 0 Å². The quantitative estimate of drug-likeness (QED) is 0.213. The summed E-state index contributed by atoms with van der Waals surface area (Å²) in [7, 11) is 0. The number of fused-ring (bicyclic) bond motifs is 1. The third-order valence-corrected chi connectivity index (χ3v) is 7.63. The number of rotatable bonds is 10. The van der Waals surface area contributed by atoms with Crippen LogP contribution >= 0.6 is 0 Å². The number of aliphatic hydroxyl groups excluding tert-OH is 1. The third-order valence-electron chi connectivity index (χ3n) is 7.63. The summed E-state index contributed by atoms with van der Waals surface area (Å²) in [5.41, 5.74) is 0.463. The molecule has 5 rings (SSSR count). The lowest BCUT2D eigenvalue weighted by molar-refractivity contribution is -0.137. The van der Waals surface area contributed by atoms with E-state index >= 15 is 0 Å². The lowest BCUT2D eigenvalue weighted by Crippen LogP contribution is -2.31. The van der Waals surface area contributed by atoms with Crippen LogP contribution in [-0.2, 0) is 12.7 Å². The number of aromatic carboxylic acids is 1. The summed E-state index contributed by atoms with van der Waals surface area (Å²) < 4.78 is 41.0. The maximum absolute atomic E-state index is 13.5. The lowest BCUT2D eigenvalue weighted by atomic mass is 9.80. The fourth-order valence-corrected chi connectivity index (χ4v) is 4.96. The van der Waals surface area contributed by atoms with Gasteiger partial charge in [-0.25, -0.2) is 24.7 Å². The van der Waals surface area contributed by atoms with E-state index in [1.807, 2.05) is 13.0 Å². The molecule has 0 radical (unpaired) electrons. The molecule has 13 heteroatoms. The molecule has 1 aliphatic rings. The lowest BCUT2D eigenvalue weighted by Gasteiger charge is -2.32. The minimum Gasteiger partial charge on any atom is -0.475 e. The summed E-state index contributed by atoms with van der Waals surface area (Å²) in [4.78, 5) is 42.0. The van der Waals surface area contributed by atoms with Gasteiger partial charge < -0.3 is 20.1 Å². The number of halogens is 3. The maximum Gasteiger partial charge on any atom is 0.416 e. The molecular formula is C30H29F3N6O4. The molecule has 2 atom stereocenters. The molecule has 2 heterocycles. The van der Waals surface area contributed by atoms with Gasteiger partial charge >= 0.3 is 18.1 Å². The van der Waals surface area contributed by atoms with Gasteiger partial charge in [0, 0.05) is 18.2 Å². The van der Waals surface area contributed by atoms with Gasteiger partial charge in [0.15, 0.2) is 11.5 Å². The van der Waals surface area contributed by atoms with Crippen LogP contribution in [0.25, 0.3) is 11.2 Å². The van der Waals surface area contributed by atoms with E-state index in [2.05, 4.69) is 25.3 Å². The SMILES string of the molecule is CC(Nc1nc(C(=O)O)nc2nc(C(=O)N=CC(CO)c3ccccc3)n(Cc3ccc(C(F)(F)F)cc3)c12)C1CCC1. The number of aliphatic imine (C=N–C) groups is 1. The summed E-state index contributed by atoms with van der Waals surface area (Å²) in [5, 5.41) is 22.8. The largest absolute Gasteiger partial charge is 0.475 e. The number of carbonyl (C=O) groups excluding carboxylic acids is 1. The predicted octanol–water partition coefficient (Wildman–Crippen LogP) is 5.18. The Hall–Kier alpha value is -4.65. The number of hydrogen-bond donors (Lipinski definition) is 3. The number of aromatic nitrogens is 4. The van der Waals surface area contributed by atoms with E-state index in [9.17, 15) is 33.0 Å². The van der Waals surface area contributed by atoms with Gasteiger partial charge in [0.25, 0.3) is 0 Å². The van der Waals surface area contributed by atoms with Crippen molar-refractivity contribution in [3.05, 3.63) is 82.9 Å². The molecule has 43 heavy (non-hydrogen) atoms. The molecule has 224 valence electrons. The molecule has 2 unspecified atom stereocenters. The van der Waals surface area contributed by atoms with Crippen LogP contribution in [0.15, 0.2) is 59.6 Å². The van der Waals surface area contributed by atoms with E-state index in [0.717, 1.165) is 37.0 Å². The zero-order chi connectivity index (χ0) is 30.7. The summed E-state index contributed by atoms with van der Waals surface area (Å²) in [6.45, 7) is 1.53. The van der Waals surface area contributed by atoms with E-state index in [4.69, 9.17) is 0 Å². The van der Waals surface area contributed by atoms with Crippen molar-refractivity contribution in [2.75, 3.05) is 11.9 Å². The number of alkyl halides is 3. The molecule has 0 aliphatic heterocycles. The van der Waals surface area contributed by atoms with Gasteiger partial charge in [-0.1, -0.05) is 48.9 Å². The first-order valence-electron chi connectivity index (χ1n) is 13.7. The number of aliphatic hydroxyl groups is 1. The number of carboxylic acid groups (broad SMARTS) is 1. The monoisotopic (exact) mass is 594 g/mol. The molecule has 3 N–H and O–H groups in total. The molecule has 2 aromatic heterocycles. The normalized spacial score (nSPS) is 15.4. The molecule has 1 saturated carbocycles. The summed E-state index contributed by atoms with van der Waals surface area (Å²) >= 11 is 0. The zero-order valence-corrected chi connectivity index (χ0v) is 23.1. The zero-order valence-electron chi connectivity index (χ0n) is 23.1. The Morgan fingerprint density at radius 2 is 1.79 bits per heavy atom. The number of imidazole rings is 1. The molecule has 0 saturated heterocycles. The first-order chi connectivity index (χ1) is 20.5. The van der Waals surface area contributed by atoms with Crippen molar-refractivity contribution in [1.29, 1.82) is 0 Å². The molecule has 1 aliphatic carbocycles. The van der Waals surface area contributed by atoms with Crippen molar-refractivity contribution >= 4 is 35.1 Å². The van der Waals surface area contributed by atoms with Gasteiger partial charge in [0.05, 0.1) is 18.7 Å². The van der Waals surface area contributed by atoms with E-state index in [1.54, 1.807) is 24.3 Å². The van der Waals surface area contributed by atoms with Gasteiger partial charge in [-0.3, -0.25) is 4.79 Å². The van der Waals surface area contributed by atoms with Crippen LogP contribution in [0.5, 0.6) is 0 Å². The van der Waals surface area contributed by atoms with E-state index < -0.39 is 35.4 Å². The molecule has 2 aromatic carbocycles. The number of nitrogens with zero attached hydrogens (tertiary/aromatic N) is 5. The van der Waals surface area contributed by atoms with Gasteiger partial charge in [0.2, 0.25) is 11.6 Å². The molecule has 1 amide bonds. The smallest absolute Gasteiger partial charge is 0.416 e. The van der Waals surface area contributed by atoms with Crippen molar-refractivity contribution in [2.24, 2.45) is 10.9 Å². The highest BCUT2D eigenvalue weighted by Crippen LogP contribution is 2.33. The Labute approximate surface area is 244 Å². The Kier molecular flexibility index (Phi) is 8.53. The van der Waals surface area contributed by atoms with Crippen molar-refractivity contribution in [2.45, 2.75) is 50.9 Å². The van der Waals surface area contributed by atoms with E-state index in [-0.39, 0.29) is 42.0 Å². The minimum absolute atomic E-state index is 0.0806. The number of carbonyl (C=O) groups is 2. The standard InChI is InChI=1S/C30H29F3N6O4/c1-17(19-8-5-9-19)35-24-23-25(37-26(36-24)29(42)43)38-27(28(41)34-14-21(16-40)20-6-3-2-4-7-20)39(23)15-18-10-12-22(13-11-18)30(31,32)33/h2-4,6-7,10-14,17,19,21,40H,5,8-9,15-16H2,1H3,(H,42,43)(H,35,36,37). The van der Waals surface area contributed by atoms with Crippen LogP contribution in [0.1, 0.15) is 70.0 Å². The third kappa shape index (κ3) is 6.56. The highest BCUT2D eigenvalue weighted by atomic mass is 19.4. The minimum atomic E-state index is -4.52.